The van der Waals surface area contributed by atoms with Crippen molar-refractivity contribution in [3.63, 3.8) is 0 Å². The molecule has 0 aliphatic rings. The van der Waals surface area contributed by atoms with E-state index >= 15 is 0 Å². The van der Waals surface area contributed by atoms with Gasteiger partial charge in [-0.25, -0.2) is 4.79 Å². The van der Waals surface area contributed by atoms with Crippen molar-refractivity contribution in [3.8, 4) is 0 Å². The van der Waals surface area contributed by atoms with E-state index in [2.05, 4.69) is 10.4 Å². The summed E-state index contributed by atoms with van der Waals surface area (Å²) in [6.07, 6.45) is 3.34. The SMILES string of the molecule is C[C@H](NC(=O)c1cc2occc2c2cnn(Cc3ccc(Cl)cc3)c12)c1ccc(C(=O)O)cc1. The molecule has 0 aliphatic carbocycles. The van der Waals surface area contributed by atoms with Crippen LogP contribution in [0.25, 0.3) is 21.9 Å². The highest BCUT2D eigenvalue weighted by Gasteiger charge is 2.21. The molecule has 3 aromatic carbocycles. The number of aromatic carboxylic acids is 1. The summed E-state index contributed by atoms with van der Waals surface area (Å²) in [6, 6.07) is 17.2. The molecular weight excluding hydrogens is 454 g/mol. The summed E-state index contributed by atoms with van der Waals surface area (Å²) in [4.78, 5) is 24.5. The zero-order valence-corrected chi connectivity index (χ0v) is 18.9. The van der Waals surface area contributed by atoms with Crippen molar-refractivity contribution in [2.45, 2.75) is 19.5 Å². The molecule has 1 atom stereocenters. The molecular formula is C26H20ClN3O4. The summed E-state index contributed by atoms with van der Waals surface area (Å²) in [7, 11) is 0. The monoisotopic (exact) mass is 473 g/mol. The lowest BCUT2D eigenvalue weighted by Gasteiger charge is -2.16. The summed E-state index contributed by atoms with van der Waals surface area (Å²) < 4.78 is 7.39. The molecule has 0 bridgehead atoms. The van der Waals surface area contributed by atoms with Crippen LogP contribution in [0.1, 0.15) is 44.8 Å². The molecule has 8 heteroatoms. The van der Waals surface area contributed by atoms with Crippen LogP contribution in [0.2, 0.25) is 5.02 Å². The molecule has 170 valence electrons. The Morgan fingerprint density at radius 3 is 2.53 bits per heavy atom. The number of carboxylic acids is 1. The Bertz CT molecular complexity index is 1520. The van der Waals surface area contributed by atoms with Crippen LogP contribution in [-0.4, -0.2) is 26.8 Å². The number of carbonyl (C=O) groups is 2. The van der Waals surface area contributed by atoms with E-state index in [4.69, 9.17) is 21.1 Å². The lowest BCUT2D eigenvalue weighted by molar-refractivity contribution is 0.0696. The average molecular weight is 474 g/mol. The van der Waals surface area contributed by atoms with Gasteiger partial charge in [0.15, 0.2) is 0 Å². The van der Waals surface area contributed by atoms with Crippen LogP contribution in [0, 0.1) is 0 Å². The third kappa shape index (κ3) is 4.02. The number of benzene rings is 3. The summed E-state index contributed by atoms with van der Waals surface area (Å²) in [5.41, 5.74) is 3.73. The van der Waals surface area contributed by atoms with Gasteiger partial charge in [-0.1, -0.05) is 35.9 Å². The number of carbonyl (C=O) groups excluding carboxylic acids is 1. The van der Waals surface area contributed by atoms with Crippen LogP contribution in [0.5, 0.6) is 0 Å². The number of hydrogen-bond acceptors (Lipinski definition) is 4. The van der Waals surface area contributed by atoms with Gasteiger partial charge in [-0.05, 0) is 54.4 Å². The number of aromatic nitrogens is 2. The van der Waals surface area contributed by atoms with Crippen LogP contribution in [-0.2, 0) is 6.54 Å². The highest BCUT2D eigenvalue weighted by Crippen LogP contribution is 2.30. The fraction of sp³-hybridized carbons (Fsp3) is 0.115. The van der Waals surface area contributed by atoms with E-state index in [1.54, 1.807) is 35.3 Å². The minimum absolute atomic E-state index is 0.193. The minimum atomic E-state index is -0.994. The molecule has 0 radical (unpaired) electrons. The van der Waals surface area contributed by atoms with Gasteiger partial charge in [-0.15, -0.1) is 0 Å². The van der Waals surface area contributed by atoms with Gasteiger partial charge >= 0.3 is 5.97 Å². The molecule has 0 aliphatic heterocycles. The Morgan fingerprint density at radius 1 is 1.09 bits per heavy atom. The van der Waals surface area contributed by atoms with E-state index in [0.29, 0.717) is 28.2 Å². The van der Waals surface area contributed by atoms with E-state index in [1.807, 2.05) is 37.3 Å². The van der Waals surface area contributed by atoms with E-state index in [-0.39, 0.29) is 17.5 Å². The first-order valence-corrected chi connectivity index (χ1v) is 11.0. The quantitative estimate of drug-likeness (QED) is 0.331. The highest BCUT2D eigenvalue weighted by molar-refractivity contribution is 6.30. The normalized spacial score (nSPS) is 12.2. The average Bonchev–Trinajstić information content (AvgIpc) is 3.47. The van der Waals surface area contributed by atoms with Crippen molar-refractivity contribution in [3.05, 3.63) is 100 Å². The number of carboxylic acid groups (broad SMARTS) is 1. The fourth-order valence-electron chi connectivity index (χ4n) is 4.05. The van der Waals surface area contributed by atoms with Crippen LogP contribution in [0.3, 0.4) is 0 Å². The molecule has 0 saturated heterocycles. The van der Waals surface area contributed by atoms with Crippen molar-refractivity contribution in [1.29, 1.82) is 0 Å². The Balaban J connectivity index is 1.51. The number of hydrogen-bond donors (Lipinski definition) is 2. The van der Waals surface area contributed by atoms with Gasteiger partial charge in [-0.3, -0.25) is 9.48 Å². The number of amides is 1. The van der Waals surface area contributed by atoms with Gasteiger partial charge in [0, 0.05) is 15.8 Å². The lowest BCUT2D eigenvalue weighted by Crippen LogP contribution is -2.27. The summed E-state index contributed by atoms with van der Waals surface area (Å²) >= 11 is 6.02. The van der Waals surface area contributed by atoms with Gasteiger partial charge in [0.05, 0.1) is 41.7 Å². The third-order valence-electron chi connectivity index (χ3n) is 5.85. The first-order chi connectivity index (χ1) is 16.4. The van der Waals surface area contributed by atoms with E-state index in [1.165, 1.54) is 12.1 Å². The standard InChI is InChI=1S/C26H20ClN3O4/c1-15(17-4-6-18(7-5-17)26(32)33)29-25(31)21-12-23-20(10-11-34-23)22-13-28-30(24(21)22)14-16-2-8-19(27)9-3-16/h2-13,15H,14H2,1H3,(H,29,31)(H,32,33)/t15-/m0/s1. The second kappa shape index (κ2) is 8.68. The molecule has 0 fully saturated rings. The number of rotatable bonds is 6. The van der Waals surface area contributed by atoms with Gasteiger partial charge in [0.25, 0.3) is 5.91 Å². The number of halogens is 1. The van der Waals surface area contributed by atoms with Gasteiger partial charge in [0.1, 0.15) is 5.58 Å². The van der Waals surface area contributed by atoms with Crippen LogP contribution < -0.4 is 5.32 Å². The molecule has 5 aromatic rings. The molecule has 2 heterocycles. The van der Waals surface area contributed by atoms with Crippen molar-refractivity contribution in [1.82, 2.24) is 15.1 Å². The second-order valence-electron chi connectivity index (χ2n) is 8.07. The first kappa shape index (κ1) is 21.7. The van der Waals surface area contributed by atoms with Gasteiger partial charge in [0.2, 0.25) is 0 Å². The topological polar surface area (TPSA) is 97.4 Å². The molecule has 2 aromatic heterocycles. The Kier molecular flexibility index (Phi) is 5.55. The second-order valence-corrected chi connectivity index (χ2v) is 8.51. The fourth-order valence-corrected chi connectivity index (χ4v) is 4.18. The number of nitrogens with zero attached hydrogens (tertiary/aromatic N) is 2. The van der Waals surface area contributed by atoms with Crippen molar-refractivity contribution >= 4 is 45.3 Å². The molecule has 2 N–H and O–H groups in total. The third-order valence-corrected chi connectivity index (χ3v) is 6.10. The van der Waals surface area contributed by atoms with E-state index < -0.39 is 5.97 Å². The van der Waals surface area contributed by atoms with Crippen molar-refractivity contribution in [2.24, 2.45) is 0 Å². The molecule has 34 heavy (non-hydrogen) atoms. The predicted octanol–water partition coefficient (Wildman–Crippen LogP) is 5.67. The molecule has 0 unspecified atom stereocenters. The Labute approximate surface area is 199 Å². The van der Waals surface area contributed by atoms with Crippen molar-refractivity contribution < 1.29 is 19.1 Å². The smallest absolute Gasteiger partial charge is 0.335 e. The van der Waals surface area contributed by atoms with Gasteiger partial charge in [-0.2, -0.15) is 5.10 Å². The maximum atomic E-state index is 13.4. The summed E-state index contributed by atoms with van der Waals surface area (Å²) in [5, 5.41) is 19.0. The largest absolute Gasteiger partial charge is 0.478 e. The Morgan fingerprint density at radius 2 is 1.82 bits per heavy atom. The van der Waals surface area contributed by atoms with E-state index in [9.17, 15) is 9.59 Å². The van der Waals surface area contributed by atoms with Crippen LogP contribution >= 0.6 is 11.6 Å². The molecule has 1 amide bonds. The summed E-state index contributed by atoms with van der Waals surface area (Å²) in [6.45, 7) is 2.32. The zero-order valence-electron chi connectivity index (χ0n) is 18.2. The lowest BCUT2D eigenvalue weighted by atomic mass is 10.0. The predicted molar refractivity (Wildman–Crippen MR) is 129 cm³/mol. The number of fused-ring (bicyclic) bond motifs is 3. The minimum Gasteiger partial charge on any atom is -0.478 e. The van der Waals surface area contributed by atoms with Gasteiger partial charge < -0.3 is 14.8 Å². The molecule has 5 rings (SSSR count). The highest BCUT2D eigenvalue weighted by atomic mass is 35.5. The first-order valence-electron chi connectivity index (χ1n) is 10.6. The number of furan rings is 1. The maximum Gasteiger partial charge on any atom is 0.335 e. The molecule has 7 nitrogen and oxygen atoms in total. The maximum absolute atomic E-state index is 13.4. The van der Waals surface area contributed by atoms with E-state index in [0.717, 1.165) is 21.9 Å². The molecule has 0 saturated carbocycles. The van der Waals surface area contributed by atoms with Crippen LogP contribution in [0.4, 0.5) is 0 Å². The van der Waals surface area contributed by atoms with Crippen molar-refractivity contribution in [2.75, 3.05) is 0 Å². The number of nitrogens with one attached hydrogen (secondary N) is 1. The summed E-state index contributed by atoms with van der Waals surface area (Å²) in [5.74, 6) is -1.28. The van der Waals surface area contributed by atoms with Crippen LogP contribution in [0.15, 0.2) is 77.5 Å². The zero-order chi connectivity index (χ0) is 23.8. The Hall–Kier alpha value is -4.10. The molecule has 0 spiro atoms.